The zero-order valence-corrected chi connectivity index (χ0v) is 12.1. The number of hydrogen-bond donors (Lipinski definition) is 1. The Hall–Kier alpha value is -1.09. The van der Waals surface area contributed by atoms with Crippen LogP contribution in [0.25, 0.3) is 10.9 Å². The molecule has 2 aromatic rings. The van der Waals surface area contributed by atoms with E-state index < -0.39 is 0 Å². The van der Waals surface area contributed by atoms with Crippen molar-refractivity contribution in [2.75, 3.05) is 5.73 Å². The number of hydrogen-bond acceptors (Lipinski definition) is 2. The Labute approximate surface area is 110 Å². The average molecular weight is 293 g/mol. The Balaban J connectivity index is 2.75. The summed E-state index contributed by atoms with van der Waals surface area (Å²) in [7, 11) is 0. The fraction of sp³-hybridized carbons (Fsp3) is 0.357. The minimum Gasteiger partial charge on any atom is -0.383 e. The van der Waals surface area contributed by atoms with Crippen LogP contribution in [-0.4, -0.2) is 4.98 Å². The van der Waals surface area contributed by atoms with Crippen LogP contribution in [0.5, 0.6) is 0 Å². The van der Waals surface area contributed by atoms with Crippen LogP contribution in [0.15, 0.2) is 16.6 Å². The Morgan fingerprint density at radius 1 is 1.29 bits per heavy atom. The lowest BCUT2D eigenvalue weighted by Crippen LogP contribution is -1.99. The first-order valence-electron chi connectivity index (χ1n) is 5.89. The van der Waals surface area contributed by atoms with Crippen molar-refractivity contribution in [3.63, 3.8) is 0 Å². The number of nitrogens with two attached hydrogens (primary N) is 1. The molecule has 0 saturated heterocycles. The van der Waals surface area contributed by atoms with E-state index in [0.29, 0.717) is 5.82 Å². The van der Waals surface area contributed by atoms with E-state index in [-0.39, 0.29) is 0 Å². The van der Waals surface area contributed by atoms with E-state index in [1.165, 1.54) is 21.0 Å². The number of nitrogens with zero attached hydrogens (tertiary/aromatic N) is 1. The van der Waals surface area contributed by atoms with Crippen LogP contribution in [0, 0.1) is 13.8 Å². The van der Waals surface area contributed by atoms with E-state index >= 15 is 0 Å². The summed E-state index contributed by atoms with van der Waals surface area (Å²) in [5.74, 6) is 0.667. The molecule has 0 unspecified atom stereocenters. The first kappa shape index (κ1) is 12.4. The van der Waals surface area contributed by atoms with Crippen molar-refractivity contribution in [1.29, 1.82) is 0 Å². The summed E-state index contributed by atoms with van der Waals surface area (Å²) in [4.78, 5) is 4.51. The van der Waals surface area contributed by atoms with Gasteiger partial charge in [0.1, 0.15) is 5.82 Å². The van der Waals surface area contributed by atoms with E-state index in [9.17, 15) is 0 Å². The fourth-order valence-electron chi connectivity index (χ4n) is 2.15. The lowest BCUT2D eigenvalue weighted by molar-refractivity contribution is 0.920. The third-order valence-electron chi connectivity index (χ3n) is 3.12. The van der Waals surface area contributed by atoms with Gasteiger partial charge in [-0.2, -0.15) is 0 Å². The molecule has 1 aromatic heterocycles. The molecule has 0 saturated carbocycles. The number of pyridine rings is 1. The standard InChI is InChI=1S/C14H17BrN2/c1-4-5-10-7-11-9(3)13(15)8(2)6-12(11)17-14(10)16/h6-7H,4-5H2,1-3H3,(H2,16,17). The van der Waals surface area contributed by atoms with Gasteiger partial charge in [-0.1, -0.05) is 29.3 Å². The van der Waals surface area contributed by atoms with Gasteiger partial charge in [0.2, 0.25) is 0 Å². The second-order valence-electron chi connectivity index (χ2n) is 4.48. The number of halogens is 1. The van der Waals surface area contributed by atoms with Crippen LogP contribution in [0.1, 0.15) is 30.0 Å². The van der Waals surface area contributed by atoms with Gasteiger partial charge in [-0.25, -0.2) is 4.98 Å². The molecular weight excluding hydrogens is 276 g/mol. The van der Waals surface area contributed by atoms with Gasteiger partial charge in [0.15, 0.2) is 0 Å². The van der Waals surface area contributed by atoms with Crippen LogP contribution >= 0.6 is 15.9 Å². The maximum Gasteiger partial charge on any atom is 0.127 e. The van der Waals surface area contributed by atoms with Crippen LogP contribution < -0.4 is 5.73 Å². The molecule has 3 heteroatoms. The number of anilines is 1. The number of fused-ring (bicyclic) bond motifs is 1. The number of aryl methyl sites for hydroxylation is 3. The van der Waals surface area contributed by atoms with Gasteiger partial charge in [-0.3, -0.25) is 0 Å². The number of benzene rings is 1. The minimum absolute atomic E-state index is 0.667. The molecule has 0 bridgehead atoms. The van der Waals surface area contributed by atoms with Crippen molar-refractivity contribution in [2.24, 2.45) is 0 Å². The lowest BCUT2D eigenvalue weighted by atomic mass is 10.0. The van der Waals surface area contributed by atoms with Gasteiger partial charge < -0.3 is 5.73 Å². The molecule has 90 valence electrons. The molecule has 0 atom stereocenters. The molecule has 0 aliphatic heterocycles. The second-order valence-corrected chi connectivity index (χ2v) is 5.27. The summed E-state index contributed by atoms with van der Waals surface area (Å²) in [6.07, 6.45) is 2.07. The van der Waals surface area contributed by atoms with Crippen molar-refractivity contribution in [2.45, 2.75) is 33.6 Å². The third-order valence-corrected chi connectivity index (χ3v) is 4.34. The highest BCUT2D eigenvalue weighted by Crippen LogP contribution is 2.30. The van der Waals surface area contributed by atoms with Crippen LogP contribution in [0.4, 0.5) is 5.82 Å². The average Bonchev–Trinajstić information content (AvgIpc) is 2.29. The first-order valence-corrected chi connectivity index (χ1v) is 6.68. The molecular formula is C14H17BrN2. The number of aromatic nitrogens is 1. The Bertz CT molecular complexity index is 576. The van der Waals surface area contributed by atoms with Gasteiger partial charge >= 0.3 is 0 Å². The summed E-state index contributed by atoms with van der Waals surface area (Å²) < 4.78 is 1.17. The normalized spacial score (nSPS) is 11.1. The highest BCUT2D eigenvalue weighted by molar-refractivity contribution is 9.10. The van der Waals surface area contributed by atoms with Crippen molar-refractivity contribution in [3.05, 3.63) is 33.3 Å². The van der Waals surface area contributed by atoms with Crippen molar-refractivity contribution in [1.82, 2.24) is 4.98 Å². The predicted molar refractivity (Wildman–Crippen MR) is 77.3 cm³/mol. The van der Waals surface area contributed by atoms with E-state index in [1.54, 1.807) is 0 Å². The summed E-state index contributed by atoms with van der Waals surface area (Å²) in [5.41, 5.74) is 10.6. The van der Waals surface area contributed by atoms with Crippen LogP contribution in [0.3, 0.4) is 0 Å². The van der Waals surface area contributed by atoms with Crippen molar-refractivity contribution >= 4 is 32.7 Å². The molecule has 0 aliphatic carbocycles. The topological polar surface area (TPSA) is 38.9 Å². The monoisotopic (exact) mass is 292 g/mol. The van der Waals surface area contributed by atoms with Crippen LogP contribution in [0.2, 0.25) is 0 Å². The highest BCUT2D eigenvalue weighted by Gasteiger charge is 2.09. The highest BCUT2D eigenvalue weighted by atomic mass is 79.9. The van der Waals surface area contributed by atoms with Gasteiger partial charge in [0.05, 0.1) is 5.52 Å². The zero-order chi connectivity index (χ0) is 12.6. The summed E-state index contributed by atoms with van der Waals surface area (Å²) in [5, 5.41) is 1.19. The van der Waals surface area contributed by atoms with Crippen LogP contribution in [-0.2, 0) is 6.42 Å². The van der Waals surface area contributed by atoms with E-state index in [1.807, 2.05) is 0 Å². The number of nitrogen functional groups attached to an aromatic ring is 1. The molecule has 0 spiro atoms. The third kappa shape index (κ3) is 2.16. The summed E-state index contributed by atoms with van der Waals surface area (Å²) >= 11 is 3.62. The maximum absolute atomic E-state index is 5.99. The molecule has 0 amide bonds. The van der Waals surface area contributed by atoms with Gasteiger partial charge in [-0.15, -0.1) is 0 Å². The predicted octanol–water partition coefficient (Wildman–Crippen LogP) is 4.15. The molecule has 0 radical (unpaired) electrons. The molecule has 0 aliphatic rings. The zero-order valence-electron chi connectivity index (χ0n) is 10.5. The first-order chi connectivity index (χ1) is 8.04. The molecule has 2 N–H and O–H groups in total. The Morgan fingerprint density at radius 2 is 2.00 bits per heavy atom. The van der Waals surface area contributed by atoms with E-state index in [2.05, 4.69) is 53.8 Å². The smallest absolute Gasteiger partial charge is 0.127 e. The summed E-state index contributed by atoms with van der Waals surface area (Å²) in [6, 6.07) is 4.26. The molecule has 2 nitrogen and oxygen atoms in total. The van der Waals surface area contributed by atoms with Crippen molar-refractivity contribution < 1.29 is 0 Å². The van der Waals surface area contributed by atoms with Crippen molar-refractivity contribution in [3.8, 4) is 0 Å². The quantitative estimate of drug-likeness (QED) is 0.903. The largest absolute Gasteiger partial charge is 0.383 e. The minimum atomic E-state index is 0.667. The van der Waals surface area contributed by atoms with Gasteiger partial charge in [0.25, 0.3) is 0 Å². The van der Waals surface area contributed by atoms with E-state index in [0.717, 1.165) is 23.9 Å². The molecule has 0 fully saturated rings. The van der Waals surface area contributed by atoms with Gasteiger partial charge in [-0.05, 0) is 49.1 Å². The molecule has 17 heavy (non-hydrogen) atoms. The fourth-order valence-corrected chi connectivity index (χ4v) is 2.47. The Morgan fingerprint density at radius 3 is 2.65 bits per heavy atom. The molecule has 1 heterocycles. The number of rotatable bonds is 2. The SMILES string of the molecule is CCCc1cc2c(C)c(Br)c(C)cc2nc1N. The maximum atomic E-state index is 5.99. The molecule has 1 aromatic carbocycles. The summed E-state index contributed by atoms with van der Waals surface area (Å²) in [6.45, 7) is 6.35. The second kappa shape index (κ2) is 4.65. The lowest BCUT2D eigenvalue weighted by Gasteiger charge is -2.11. The Kier molecular flexibility index (Phi) is 3.38. The van der Waals surface area contributed by atoms with Gasteiger partial charge in [0, 0.05) is 9.86 Å². The molecule has 2 rings (SSSR count). The van der Waals surface area contributed by atoms with E-state index in [4.69, 9.17) is 5.73 Å².